The van der Waals surface area contributed by atoms with Crippen LogP contribution >= 0.6 is 0 Å². The third kappa shape index (κ3) is 2.69. The minimum Gasteiger partial charge on any atom is -0.395 e. The lowest BCUT2D eigenvalue weighted by Crippen LogP contribution is -2.43. The summed E-state index contributed by atoms with van der Waals surface area (Å²) in [6, 6.07) is 1.29. The summed E-state index contributed by atoms with van der Waals surface area (Å²) in [5, 5.41) is 17.6. The highest BCUT2D eigenvalue weighted by Crippen LogP contribution is 2.33. The molecule has 0 saturated heterocycles. The van der Waals surface area contributed by atoms with E-state index in [1.807, 2.05) is 11.7 Å². The van der Waals surface area contributed by atoms with Crippen molar-refractivity contribution in [3.8, 4) is 0 Å². The van der Waals surface area contributed by atoms with Crippen LogP contribution in [0.4, 0.5) is 5.82 Å². The molecule has 1 aromatic heterocycles. The summed E-state index contributed by atoms with van der Waals surface area (Å²) in [5.41, 5.74) is 2.41. The van der Waals surface area contributed by atoms with Gasteiger partial charge < -0.3 is 15.3 Å². The Labute approximate surface area is 121 Å². The molecule has 2 aliphatic carbocycles. The van der Waals surface area contributed by atoms with Crippen LogP contribution < -0.4 is 10.2 Å². The summed E-state index contributed by atoms with van der Waals surface area (Å²) < 4.78 is 1.99. The van der Waals surface area contributed by atoms with Crippen molar-refractivity contribution >= 4 is 5.82 Å². The van der Waals surface area contributed by atoms with Crippen LogP contribution in [0.1, 0.15) is 43.4 Å². The maximum absolute atomic E-state index is 9.40. The van der Waals surface area contributed by atoms with Gasteiger partial charge in [0.1, 0.15) is 5.82 Å². The first-order valence-electron chi connectivity index (χ1n) is 7.84. The number of nitrogens with zero attached hydrogens (tertiary/aromatic N) is 3. The molecule has 0 bridgehead atoms. The molecule has 0 spiro atoms. The first-order valence-corrected chi connectivity index (χ1v) is 7.84. The van der Waals surface area contributed by atoms with E-state index in [4.69, 9.17) is 0 Å². The summed E-state index contributed by atoms with van der Waals surface area (Å²) >= 11 is 0. The van der Waals surface area contributed by atoms with E-state index >= 15 is 0 Å². The molecule has 0 radical (unpaired) electrons. The Kier molecular flexibility index (Phi) is 3.98. The second-order valence-electron chi connectivity index (χ2n) is 6.17. The minimum absolute atomic E-state index is 0.205. The van der Waals surface area contributed by atoms with E-state index < -0.39 is 0 Å². The molecular weight excluding hydrogens is 252 g/mol. The lowest BCUT2D eigenvalue weighted by molar-refractivity contribution is 0.281. The molecule has 0 unspecified atom stereocenters. The highest BCUT2D eigenvalue weighted by atomic mass is 16.3. The monoisotopic (exact) mass is 278 g/mol. The molecule has 2 saturated carbocycles. The van der Waals surface area contributed by atoms with Gasteiger partial charge in [0.2, 0.25) is 0 Å². The fourth-order valence-electron chi connectivity index (χ4n) is 3.06. The van der Waals surface area contributed by atoms with Crippen molar-refractivity contribution in [3.63, 3.8) is 0 Å². The van der Waals surface area contributed by atoms with Crippen molar-refractivity contribution in [2.75, 3.05) is 18.1 Å². The molecule has 0 atom stereocenters. The van der Waals surface area contributed by atoms with E-state index in [0.29, 0.717) is 18.6 Å². The fourth-order valence-corrected chi connectivity index (χ4v) is 3.06. The van der Waals surface area contributed by atoms with Crippen molar-refractivity contribution < 1.29 is 5.11 Å². The summed E-state index contributed by atoms with van der Waals surface area (Å²) in [5.74, 6) is 1.20. The smallest absolute Gasteiger partial charge is 0.131 e. The molecule has 20 heavy (non-hydrogen) atoms. The summed E-state index contributed by atoms with van der Waals surface area (Å²) in [6.07, 6.45) is 6.38. The summed E-state index contributed by atoms with van der Waals surface area (Å²) in [6.45, 7) is 3.90. The SMILES string of the molecule is Cc1nn(C)c(N(CCO)C2CCC2)c1CNC1CC1. The van der Waals surface area contributed by atoms with E-state index in [1.54, 1.807) is 0 Å². The van der Waals surface area contributed by atoms with Gasteiger partial charge in [-0.25, -0.2) is 0 Å². The topological polar surface area (TPSA) is 53.3 Å². The van der Waals surface area contributed by atoms with E-state index in [2.05, 4.69) is 22.2 Å². The second-order valence-corrected chi connectivity index (χ2v) is 6.17. The molecule has 0 aromatic carbocycles. The number of aliphatic hydroxyl groups is 1. The molecule has 2 N–H and O–H groups in total. The van der Waals surface area contributed by atoms with Crippen molar-refractivity contribution in [1.82, 2.24) is 15.1 Å². The number of hydrogen-bond donors (Lipinski definition) is 2. The average molecular weight is 278 g/mol. The highest BCUT2D eigenvalue weighted by Gasteiger charge is 2.30. The molecule has 2 fully saturated rings. The van der Waals surface area contributed by atoms with Gasteiger partial charge in [-0.15, -0.1) is 0 Å². The number of aromatic nitrogens is 2. The standard InChI is InChI=1S/C15H26N4O/c1-11-14(10-16-12-6-7-12)15(18(2)17-11)19(8-9-20)13-4-3-5-13/h12-13,16,20H,3-10H2,1-2H3. The van der Waals surface area contributed by atoms with Gasteiger partial charge in [0.15, 0.2) is 0 Å². The van der Waals surface area contributed by atoms with Crippen LogP contribution in [0, 0.1) is 6.92 Å². The molecule has 0 aliphatic heterocycles. The van der Waals surface area contributed by atoms with Crippen LogP contribution in [0.2, 0.25) is 0 Å². The predicted molar refractivity (Wildman–Crippen MR) is 79.9 cm³/mol. The van der Waals surface area contributed by atoms with Crippen LogP contribution in [0.25, 0.3) is 0 Å². The summed E-state index contributed by atoms with van der Waals surface area (Å²) in [7, 11) is 2.02. The fraction of sp³-hybridized carbons (Fsp3) is 0.800. The molecule has 5 nitrogen and oxygen atoms in total. The van der Waals surface area contributed by atoms with Crippen molar-refractivity contribution in [3.05, 3.63) is 11.3 Å². The molecule has 0 amide bonds. The predicted octanol–water partition coefficient (Wildman–Crippen LogP) is 1.33. The summed E-state index contributed by atoms with van der Waals surface area (Å²) in [4.78, 5) is 2.37. The average Bonchev–Trinajstić information content (AvgIpc) is 3.11. The van der Waals surface area contributed by atoms with Crippen molar-refractivity contribution in [2.24, 2.45) is 7.05 Å². The van der Waals surface area contributed by atoms with Gasteiger partial charge in [-0.2, -0.15) is 5.10 Å². The quantitative estimate of drug-likeness (QED) is 0.790. The van der Waals surface area contributed by atoms with Gasteiger partial charge >= 0.3 is 0 Å². The first kappa shape index (κ1) is 13.9. The maximum Gasteiger partial charge on any atom is 0.131 e. The number of hydrogen-bond acceptors (Lipinski definition) is 4. The Balaban J connectivity index is 1.83. The Morgan fingerprint density at radius 1 is 1.35 bits per heavy atom. The third-order valence-corrected chi connectivity index (χ3v) is 4.59. The van der Waals surface area contributed by atoms with Crippen LogP contribution in [0.15, 0.2) is 0 Å². The number of nitrogens with one attached hydrogen (secondary N) is 1. The molecule has 1 aromatic rings. The van der Waals surface area contributed by atoms with Crippen LogP contribution in [-0.2, 0) is 13.6 Å². The van der Waals surface area contributed by atoms with Gasteiger partial charge in [0.25, 0.3) is 0 Å². The zero-order valence-electron chi connectivity index (χ0n) is 12.6. The van der Waals surface area contributed by atoms with Crippen LogP contribution in [0.3, 0.4) is 0 Å². The molecule has 3 rings (SSSR count). The molecule has 2 aliphatic rings. The second kappa shape index (κ2) is 5.74. The van der Waals surface area contributed by atoms with E-state index in [0.717, 1.165) is 12.2 Å². The van der Waals surface area contributed by atoms with Gasteiger partial charge in [-0.3, -0.25) is 4.68 Å². The first-order chi connectivity index (χ1) is 9.70. The third-order valence-electron chi connectivity index (χ3n) is 4.59. The zero-order valence-corrected chi connectivity index (χ0v) is 12.6. The molecule has 112 valence electrons. The number of aliphatic hydroxyl groups excluding tert-OH is 1. The molecule has 1 heterocycles. The zero-order chi connectivity index (χ0) is 14.1. The lowest BCUT2D eigenvalue weighted by atomic mass is 9.91. The molecule has 5 heteroatoms. The maximum atomic E-state index is 9.40. The van der Waals surface area contributed by atoms with Crippen molar-refractivity contribution in [2.45, 2.75) is 57.7 Å². The lowest BCUT2D eigenvalue weighted by Gasteiger charge is -2.39. The Morgan fingerprint density at radius 3 is 2.65 bits per heavy atom. The van der Waals surface area contributed by atoms with E-state index in [-0.39, 0.29) is 6.61 Å². The van der Waals surface area contributed by atoms with Crippen LogP contribution in [0.5, 0.6) is 0 Å². The normalized spacial score (nSPS) is 19.1. The minimum atomic E-state index is 0.205. The van der Waals surface area contributed by atoms with E-state index in [9.17, 15) is 5.11 Å². The highest BCUT2D eigenvalue weighted by molar-refractivity contribution is 5.51. The van der Waals surface area contributed by atoms with Gasteiger partial charge in [-0.1, -0.05) is 0 Å². The van der Waals surface area contributed by atoms with Gasteiger partial charge in [-0.05, 0) is 39.0 Å². The van der Waals surface area contributed by atoms with Gasteiger partial charge in [0, 0.05) is 37.8 Å². The largest absolute Gasteiger partial charge is 0.395 e. The number of aryl methyl sites for hydroxylation is 2. The number of anilines is 1. The van der Waals surface area contributed by atoms with Crippen LogP contribution in [-0.4, -0.2) is 40.1 Å². The van der Waals surface area contributed by atoms with Gasteiger partial charge in [0.05, 0.1) is 12.3 Å². The Morgan fingerprint density at radius 2 is 2.10 bits per heavy atom. The Bertz CT molecular complexity index is 463. The van der Waals surface area contributed by atoms with Crippen molar-refractivity contribution in [1.29, 1.82) is 0 Å². The Hall–Kier alpha value is -1.07. The van der Waals surface area contributed by atoms with E-state index in [1.165, 1.54) is 43.5 Å². The number of rotatable bonds is 7. The molecular formula is C15H26N4O.